The zero-order valence-electron chi connectivity index (χ0n) is 16.8. The van der Waals surface area contributed by atoms with E-state index in [1.54, 1.807) is 31.3 Å². The summed E-state index contributed by atoms with van der Waals surface area (Å²) >= 11 is 3.35. The highest BCUT2D eigenvalue weighted by molar-refractivity contribution is 9.10. The first-order chi connectivity index (χ1) is 15.3. The van der Waals surface area contributed by atoms with Gasteiger partial charge >= 0.3 is 0 Å². The van der Waals surface area contributed by atoms with Crippen molar-refractivity contribution in [3.8, 4) is 0 Å². The number of pyridine rings is 2. The van der Waals surface area contributed by atoms with Crippen LogP contribution in [0.2, 0.25) is 0 Å². The predicted octanol–water partition coefficient (Wildman–Crippen LogP) is 5.13. The molecule has 0 unspecified atom stereocenters. The third kappa shape index (κ3) is 4.55. The summed E-state index contributed by atoms with van der Waals surface area (Å²) in [6.07, 6.45) is 1.56. The van der Waals surface area contributed by atoms with Gasteiger partial charge in [-0.1, -0.05) is 24.3 Å². The SMILES string of the molecule is CC(=NC(=O)c1cc2cc(Br)cnc2n(Cc2ccc(F)cc2)c1=O)c1ccc(F)cc1. The normalized spacial score (nSPS) is 11.7. The van der Waals surface area contributed by atoms with Gasteiger partial charge in [0.05, 0.1) is 6.54 Å². The first kappa shape index (κ1) is 21.7. The minimum Gasteiger partial charge on any atom is -0.288 e. The van der Waals surface area contributed by atoms with Crippen LogP contribution in [-0.2, 0) is 6.54 Å². The Morgan fingerprint density at radius 3 is 2.31 bits per heavy atom. The number of halogens is 3. The van der Waals surface area contributed by atoms with Crippen LogP contribution < -0.4 is 5.56 Å². The summed E-state index contributed by atoms with van der Waals surface area (Å²) in [7, 11) is 0. The third-order valence-corrected chi connectivity index (χ3v) is 5.34. The van der Waals surface area contributed by atoms with E-state index in [1.807, 2.05) is 0 Å². The molecule has 160 valence electrons. The molecule has 0 aliphatic heterocycles. The molecule has 1 amide bonds. The number of carbonyl (C=O) groups excluding carboxylic acids is 1. The lowest BCUT2D eigenvalue weighted by Gasteiger charge is -2.12. The molecule has 2 heterocycles. The highest BCUT2D eigenvalue weighted by Gasteiger charge is 2.17. The van der Waals surface area contributed by atoms with Gasteiger partial charge in [-0.2, -0.15) is 0 Å². The van der Waals surface area contributed by atoms with Crippen LogP contribution in [-0.4, -0.2) is 21.2 Å². The number of carbonyl (C=O) groups is 1. The van der Waals surface area contributed by atoms with Gasteiger partial charge in [-0.3, -0.25) is 14.2 Å². The average Bonchev–Trinajstić information content (AvgIpc) is 2.77. The molecule has 0 atom stereocenters. The summed E-state index contributed by atoms with van der Waals surface area (Å²) in [5.41, 5.74) is 1.30. The van der Waals surface area contributed by atoms with Gasteiger partial charge in [0.2, 0.25) is 0 Å². The number of hydrogen-bond donors (Lipinski definition) is 0. The fourth-order valence-electron chi connectivity index (χ4n) is 3.28. The average molecular weight is 496 g/mol. The first-order valence-corrected chi connectivity index (χ1v) is 10.4. The van der Waals surface area contributed by atoms with Crippen molar-refractivity contribution in [1.82, 2.24) is 9.55 Å². The van der Waals surface area contributed by atoms with E-state index in [0.717, 1.165) is 0 Å². The summed E-state index contributed by atoms with van der Waals surface area (Å²) in [5.74, 6) is -1.50. The second-order valence-corrected chi connectivity index (χ2v) is 8.07. The number of fused-ring (bicyclic) bond motifs is 1. The van der Waals surface area contributed by atoms with Crippen LogP contribution in [0.4, 0.5) is 8.78 Å². The molecule has 0 aliphatic carbocycles. The molecule has 2 aromatic heterocycles. The lowest BCUT2D eigenvalue weighted by Crippen LogP contribution is -2.27. The Morgan fingerprint density at radius 1 is 1.03 bits per heavy atom. The van der Waals surface area contributed by atoms with Gasteiger partial charge in [0.1, 0.15) is 22.8 Å². The van der Waals surface area contributed by atoms with Gasteiger partial charge < -0.3 is 0 Å². The molecule has 0 bridgehead atoms. The van der Waals surface area contributed by atoms with Crippen molar-refractivity contribution >= 4 is 38.6 Å². The molecule has 0 radical (unpaired) electrons. The fraction of sp³-hybridized carbons (Fsp3) is 0.0833. The van der Waals surface area contributed by atoms with Gasteiger partial charge in [0, 0.05) is 21.8 Å². The molecule has 0 fully saturated rings. The van der Waals surface area contributed by atoms with Crippen LogP contribution >= 0.6 is 15.9 Å². The Morgan fingerprint density at radius 2 is 1.66 bits per heavy atom. The van der Waals surface area contributed by atoms with Crippen molar-refractivity contribution in [3.05, 3.63) is 110 Å². The maximum absolute atomic E-state index is 13.3. The van der Waals surface area contributed by atoms with Crippen molar-refractivity contribution in [3.63, 3.8) is 0 Å². The van der Waals surface area contributed by atoms with Crippen LogP contribution in [0.5, 0.6) is 0 Å². The number of amides is 1. The number of nitrogens with zero attached hydrogens (tertiary/aromatic N) is 3. The zero-order valence-corrected chi connectivity index (χ0v) is 18.4. The predicted molar refractivity (Wildman–Crippen MR) is 122 cm³/mol. The van der Waals surface area contributed by atoms with E-state index in [2.05, 4.69) is 25.9 Å². The molecular weight excluding hydrogens is 480 g/mol. The number of aromatic nitrogens is 2. The van der Waals surface area contributed by atoms with Crippen molar-refractivity contribution in [2.75, 3.05) is 0 Å². The Labute approximate surface area is 190 Å². The lowest BCUT2D eigenvalue weighted by molar-refractivity contribution is 0.100. The van der Waals surface area contributed by atoms with Crippen molar-refractivity contribution < 1.29 is 13.6 Å². The molecule has 32 heavy (non-hydrogen) atoms. The molecular formula is C24H16BrF2N3O2. The molecule has 0 saturated carbocycles. The summed E-state index contributed by atoms with van der Waals surface area (Å²) in [5, 5.41) is 0.569. The van der Waals surface area contributed by atoms with Crippen LogP contribution in [0.15, 0.2) is 81.1 Å². The Hall–Kier alpha value is -3.52. The molecule has 2 aromatic carbocycles. The van der Waals surface area contributed by atoms with E-state index in [1.165, 1.54) is 47.0 Å². The Bertz CT molecular complexity index is 1410. The van der Waals surface area contributed by atoms with Gasteiger partial charge in [-0.25, -0.2) is 18.8 Å². The largest absolute Gasteiger partial charge is 0.288 e. The molecule has 4 aromatic rings. The van der Waals surface area contributed by atoms with E-state index in [0.29, 0.717) is 32.3 Å². The summed E-state index contributed by atoms with van der Waals surface area (Å²) in [4.78, 5) is 34.6. The zero-order chi connectivity index (χ0) is 22.8. The monoisotopic (exact) mass is 495 g/mol. The minimum absolute atomic E-state index is 0.103. The van der Waals surface area contributed by atoms with Crippen LogP contribution in [0.3, 0.4) is 0 Å². The summed E-state index contributed by atoms with van der Waals surface area (Å²) in [6, 6.07) is 14.5. The lowest BCUT2D eigenvalue weighted by atomic mass is 10.1. The van der Waals surface area contributed by atoms with Gasteiger partial charge in [-0.05, 0) is 70.4 Å². The van der Waals surface area contributed by atoms with Crippen LogP contribution in [0.25, 0.3) is 11.0 Å². The van der Waals surface area contributed by atoms with E-state index in [9.17, 15) is 18.4 Å². The molecule has 0 saturated heterocycles. The molecule has 8 heteroatoms. The van der Waals surface area contributed by atoms with E-state index < -0.39 is 17.3 Å². The Kier molecular flexibility index (Phi) is 6.05. The molecule has 0 spiro atoms. The minimum atomic E-state index is -0.716. The maximum atomic E-state index is 13.3. The van der Waals surface area contributed by atoms with E-state index in [-0.39, 0.29) is 17.9 Å². The van der Waals surface area contributed by atoms with E-state index >= 15 is 0 Å². The van der Waals surface area contributed by atoms with E-state index in [4.69, 9.17) is 0 Å². The van der Waals surface area contributed by atoms with Gasteiger partial charge in [0.15, 0.2) is 0 Å². The maximum Gasteiger partial charge on any atom is 0.282 e. The van der Waals surface area contributed by atoms with Gasteiger partial charge in [0.25, 0.3) is 11.5 Å². The van der Waals surface area contributed by atoms with Crippen molar-refractivity contribution in [2.24, 2.45) is 4.99 Å². The summed E-state index contributed by atoms with van der Waals surface area (Å²) < 4.78 is 28.5. The first-order valence-electron chi connectivity index (χ1n) is 9.61. The van der Waals surface area contributed by atoms with Crippen LogP contribution in [0.1, 0.15) is 28.4 Å². The second kappa shape index (κ2) is 8.92. The third-order valence-electron chi connectivity index (χ3n) is 4.91. The topological polar surface area (TPSA) is 64.3 Å². The quantitative estimate of drug-likeness (QED) is 0.368. The number of hydrogen-bond acceptors (Lipinski definition) is 3. The highest BCUT2D eigenvalue weighted by atomic mass is 79.9. The van der Waals surface area contributed by atoms with Gasteiger partial charge in [-0.15, -0.1) is 0 Å². The van der Waals surface area contributed by atoms with Crippen molar-refractivity contribution in [1.29, 1.82) is 0 Å². The number of rotatable bonds is 4. The molecule has 4 rings (SSSR count). The standard InChI is InChI=1S/C24H16BrF2N3O2/c1-14(16-4-8-20(27)9-5-16)29-23(31)21-11-17-10-18(25)12-28-22(17)30(24(21)32)13-15-2-6-19(26)7-3-15/h2-12H,13H2,1H3. The molecule has 0 N–H and O–H groups in total. The molecule has 5 nitrogen and oxygen atoms in total. The van der Waals surface area contributed by atoms with Crippen LogP contribution in [0, 0.1) is 11.6 Å². The molecule has 0 aliphatic rings. The fourth-order valence-corrected chi connectivity index (χ4v) is 3.63. The van der Waals surface area contributed by atoms with Crippen molar-refractivity contribution in [2.45, 2.75) is 13.5 Å². The number of benzene rings is 2. The highest BCUT2D eigenvalue weighted by Crippen LogP contribution is 2.19. The summed E-state index contributed by atoms with van der Waals surface area (Å²) in [6.45, 7) is 1.72. The smallest absolute Gasteiger partial charge is 0.282 e. The number of aliphatic imine (C=N–C) groups is 1. The second-order valence-electron chi connectivity index (χ2n) is 7.15. The Balaban J connectivity index is 1.82.